The molecule has 2 aliphatic rings. The van der Waals surface area contributed by atoms with Gasteiger partial charge < -0.3 is 0 Å². The van der Waals surface area contributed by atoms with Gasteiger partial charge in [-0.15, -0.1) is 0 Å². The van der Waals surface area contributed by atoms with Crippen molar-refractivity contribution in [3.63, 3.8) is 0 Å². The Labute approximate surface area is 166 Å². The average molecular weight is 409 g/mol. The third kappa shape index (κ3) is 2.99. The van der Waals surface area contributed by atoms with Gasteiger partial charge in [-0.05, 0) is 94.5 Å². The quantitative estimate of drug-likeness (QED) is 0.455. The maximum absolute atomic E-state index is 3.61. The van der Waals surface area contributed by atoms with Crippen molar-refractivity contribution in [1.82, 2.24) is 0 Å². The highest BCUT2D eigenvalue weighted by molar-refractivity contribution is 9.10. The first kappa shape index (κ1) is 18.0. The number of allylic oxidation sites excluding steroid dienone is 1. The van der Waals surface area contributed by atoms with Crippen LogP contribution in [0.15, 0.2) is 34.8 Å². The summed E-state index contributed by atoms with van der Waals surface area (Å²) < 4.78 is 1.19. The molecule has 2 aliphatic carbocycles. The molecule has 2 aromatic rings. The van der Waals surface area contributed by atoms with Gasteiger partial charge in [0.15, 0.2) is 0 Å². The Morgan fingerprint density at radius 2 is 1.54 bits per heavy atom. The molecule has 136 valence electrons. The van der Waals surface area contributed by atoms with Crippen molar-refractivity contribution < 1.29 is 0 Å². The van der Waals surface area contributed by atoms with Crippen LogP contribution in [0.3, 0.4) is 0 Å². The summed E-state index contributed by atoms with van der Waals surface area (Å²) in [6.07, 6.45) is 7.30. The van der Waals surface area contributed by atoms with E-state index in [0.717, 1.165) is 12.8 Å². The molecule has 0 saturated heterocycles. The molecular formula is C25H29Br. The monoisotopic (exact) mass is 408 g/mol. The van der Waals surface area contributed by atoms with E-state index in [0.29, 0.717) is 0 Å². The largest absolute Gasteiger partial charge is 0.0558 e. The Morgan fingerprint density at radius 3 is 2.23 bits per heavy atom. The van der Waals surface area contributed by atoms with Crippen LogP contribution in [0, 0.1) is 6.92 Å². The van der Waals surface area contributed by atoms with Crippen molar-refractivity contribution in [2.24, 2.45) is 0 Å². The van der Waals surface area contributed by atoms with Crippen molar-refractivity contribution in [2.75, 3.05) is 0 Å². The fourth-order valence-corrected chi connectivity index (χ4v) is 5.13. The SMILES string of the molecule is Cc1cc2c(cc1/C=C1/CCc3cc(Br)ccc31)C(C)(C)CCC2(C)C. The fraction of sp³-hybridized carbons (Fsp3) is 0.440. The summed E-state index contributed by atoms with van der Waals surface area (Å²) in [5.41, 5.74) is 10.9. The zero-order valence-electron chi connectivity index (χ0n) is 16.7. The summed E-state index contributed by atoms with van der Waals surface area (Å²) in [7, 11) is 0. The summed E-state index contributed by atoms with van der Waals surface area (Å²) >= 11 is 3.61. The molecule has 0 saturated carbocycles. The van der Waals surface area contributed by atoms with Crippen molar-refractivity contribution in [3.8, 4) is 0 Å². The smallest absolute Gasteiger partial charge is 0.0178 e. The number of benzene rings is 2. The van der Waals surface area contributed by atoms with Crippen LogP contribution in [-0.2, 0) is 17.3 Å². The molecule has 4 rings (SSSR count). The second-order valence-electron chi connectivity index (χ2n) is 9.49. The summed E-state index contributed by atoms with van der Waals surface area (Å²) in [5.74, 6) is 0. The van der Waals surface area contributed by atoms with Gasteiger partial charge in [0.25, 0.3) is 0 Å². The van der Waals surface area contributed by atoms with Crippen molar-refractivity contribution in [2.45, 2.75) is 71.1 Å². The highest BCUT2D eigenvalue weighted by atomic mass is 79.9. The normalized spacial score (nSPS) is 21.5. The number of rotatable bonds is 1. The number of fused-ring (bicyclic) bond motifs is 2. The Kier molecular flexibility index (Phi) is 4.23. The van der Waals surface area contributed by atoms with Crippen LogP contribution in [0.4, 0.5) is 0 Å². The van der Waals surface area contributed by atoms with Crippen LogP contribution in [0.25, 0.3) is 11.6 Å². The van der Waals surface area contributed by atoms with Crippen LogP contribution in [0.2, 0.25) is 0 Å². The van der Waals surface area contributed by atoms with E-state index in [2.05, 4.69) is 87.0 Å². The van der Waals surface area contributed by atoms with Gasteiger partial charge in [-0.2, -0.15) is 0 Å². The Bertz CT molecular complexity index is 912. The molecular weight excluding hydrogens is 380 g/mol. The maximum Gasteiger partial charge on any atom is 0.0178 e. The first-order valence-electron chi connectivity index (χ1n) is 9.82. The Hall–Kier alpha value is -1.34. The third-order valence-corrected chi connectivity index (χ3v) is 7.14. The molecule has 0 bridgehead atoms. The minimum absolute atomic E-state index is 0.268. The molecule has 26 heavy (non-hydrogen) atoms. The van der Waals surface area contributed by atoms with E-state index in [1.54, 1.807) is 11.1 Å². The lowest BCUT2D eigenvalue weighted by Crippen LogP contribution is -2.34. The minimum Gasteiger partial charge on any atom is -0.0558 e. The molecule has 0 aliphatic heterocycles. The van der Waals surface area contributed by atoms with E-state index < -0.39 is 0 Å². The van der Waals surface area contributed by atoms with Gasteiger partial charge in [-0.25, -0.2) is 0 Å². The maximum atomic E-state index is 3.61. The predicted octanol–water partition coefficient (Wildman–Crippen LogP) is 7.59. The van der Waals surface area contributed by atoms with E-state index in [9.17, 15) is 0 Å². The summed E-state index contributed by atoms with van der Waals surface area (Å²) in [4.78, 5) is 0. The molecule has 0 unspecified atom stereocenters. The second-order valence-corrected chi connectivity index (χ2v) is 10.4. The zero-order valence-corrected chi connectivity index (χ0v) is 18.3. The number of hydrogen-bond donors (Lipinski definition) is 0. The standard InChI is InChI=1S/C25H29Br/c1-16-12-22-23(25(4,5)11-10-24(22,2)3)15-19(16)13-17-6-7-18-14-20(26)8-9-21(17)18/h8-9,12-15H,6-7,10-11H2,1-5H3/b17-13-. The highest BCUT2D eigenvalue weighted by Gasteiger charge is 2.37. The van der Waals surface area contributed by atoms with Crippen LogP contribution in [0.1, 0.15) is 80.3 Å². The highest BCUT2D eigenvalue weighted by Crippen LogP contribution is 2.47. The van der Waals surface area contributed by atoms with Gasteiger partial charge in [0.05, 0.1) is 0 Å². The van der Waals surface area contributed by atoms with E-state index in [1.807, 2.05) is 0 Å². The first-order chi connectivity index (χ1) is 12.2. The summed E-state index contributed by atoms with van der Waals surface area (Å²) in [6.45, 7) is 11.9. The van der Waals surface area contributed by atoms with Gasteiger partial charge in [0.1, 0.15) is 0 Å². The van der Waals surface area contributed by atoms with Gasteiger partial charge in [0, 0.05) is 4.47 Å². The van der Waals surface area contributed by atoms with Gasteiger partial charge in [0.2, 0.25) is 0 Å². The first-order valence-corrected chi connectivity index (χ1v) is 10.6. The molecule has 0 N–H and O–H groups in total. The third-order valence-electron chi connectivity index (χ3n) is 6.65. The lowest BCUT2D eigenvalue weighted by molar-refractivity contribution is 0.331. The number of aryl methyl sites for hydroxylation is 2. The topological polar surface area (TPSA) is 0 Å². The van der Waals surface area contributed by atoms with Gasteiger partial charge >= 0.3 is 0 Å². The number of halogens is 1. The molecule has 1 heteroatoms. The van der Waals surface area contributed by atoms with E-state index in [-0.39, 0.29) is 10.8 Å². The second kappa shape index (κ2) is 6.09. The molecule has 0 nitrogen and oxygen atoms in total. The van der Waals surface area contributed by atoms with E-state index >= 15 is 0 Å². The lowest BCUT2D eigenvalue weighted by Gasteiger charge is -2.42. The molecule has 0 fully saturated rings. The molecule has 2 aromatic carbocycles. The Morgan fingerprint density at radius 1 is 0.885 bits per heavy atom. The summed E-state index contributed by atoms with van der Waals surface area (Å²) in [5, 5.41) is 0. The van der Waals surface area contributed by atoms with Crippen molar-refractivity contribution in [1.29, 1.82) is 0 Å². The van der Waals surface area contributed by atoms with E-state index in [4.69, 9.17) is 0 Å². The molecule has 0 spiro atoms. The van der Waals surface area contributed by atoms with Gasteiger partial charge in [-0.3, -0.25) is 0 Å². The molecule has 0 amide bonds. The predicted molar refractivity (Wildman–Crippen MR) is 117 cm³/mol. The molecule has 0 heterocycles. The zero-order chi connectivity index (χ0) is 18.7. The van der Waals surface area contributed by atoms with E-state index in [1.165, 1.54) is 45.1 Å². The van der Waals surface area contributed by atoms with Gasteiger partial charge in [-0.1, -0.05) is 67.9 Å². The van der Waals surface area contributed by atoms with Crippen LogP contribution in [-0.4, -0.2) is 0 Å². The van der Waals surface area contributed by atoms with Crippen LogP contribution in [0.5, 0.6) is 0 Å². The molecule has 0 atom stereocenters. The average Bonchev–Trinajstić information content (AvgIpc) is 2.95. The van der Waals surface area contributed by atoms with Crippen LogP contribution >= 0.6 is 15.9 Å². The Balaban J connectivity index is 1.83. The molecule has 0 aromatic heterocycles. The van der Waals surface area contributed by atoms with Crippen molar-refractivity contribution in [3.05, 3.63) is 68.2 Å². The number of hydrogen-bond acceptors (Lipinski definition) is 0. The van der Waals surface area contributed by atoms with Crippen LogP contribution < -0.4 is 0 Å². The van der Waals surface area contributed by atoms with Crippen molar-refractivity contribution >= 4 is 27.6 Å². The summed E-state index contributed by atoms with van der Waals surface area (Å²) in [6, 6.07) is 11.7. The lowest BCUT2D eigenvalue weighted by atomic mass is 9.62. The fourth-order valence-electron chi connectivity index (χ4n) is 4.72. The minimum atomic E-state index is 0.268. The molecule has 0 radical (unpaired) electrons.